The number of nitrogens with zero attached hydrogens (tertiary/aromatic N) is 2. The van der Waals surface area contributed by atoms with Crippen molar-refractivity contribution in [3.05, 3.63) is 66.0 Å². The SMILES string of the molecule is COS(=O)(=O)[O-].Cc1cc[n+](C(=NN)c2ccccc2)cc1. The van der Waals surface area contributed by atoms with Gasteiger partial charge in [0.1, 0.15) is 0 Å². The normalized spacial score (nSPS) is 11.5. The number of rotatable bonds is 2. The predicted molar refractivity (Wildman–Crippen MR) is 80.6 cm³/mol. The van der Waals surface area contributed by atoms with Gasteiger partial charge in [-0.15, -0.1) is 0 Å². The molecule has 0 bridgehead atoms. The quantitative estimate of drug-likeness (QED) is 0.165. The van der Waals surface area contributed by atoms with Crippen LogP contribution in [0, 0.1) is 6.92 Å². The summed E-state index contributed by atoms with van der Waals surface area (Å²) >= 11 is 0. The van der Waals surface area contributed by atoms with Crippen molar-refractivity contribution in [2.24, 2.45) is 10.9 Å². The van der Waals surface area contributed by atoms with Gasteiger partial charge in [0, 0.05) is 5.10 Å². The summed E-state index contributed by atoms with van der Waals surface area (Å²) in [6.07, 6.45) is 3.90. The van der Waals surface area contributed by atoms with Crippen molar-refractivity contribution in [3.8, 4) is 0 Å². The maximum absolute atomic E-state index is 9.22. The van der Waals surface area contributed by atoms with Crippen LogP contribution in [-0.4, -0.2) is 25.9 Å². The predicted octanol–water partition coefficient (Wildman–Crippen LogP) is 0.544. The fourth-order valence-corrected chi connectivity index (χ4v) is 1.52. The molecule has 22 heavy (non-hydrogen) atoms. The Morgan fingerprint density at radius 2 is 1.68 bits per heavy atom. The molecule has 2 rings (SSSR count). The third-order valence-electron chi connectivity index (χ3n) is 2.60. The number of hydrogen-bond donors (Lipinski definition) is 1. The van der Waals surface area contributed by atoms with Crippen molar-refractivity contribution in [2.75, 3.05) is 7.11 Å². The molecule has 0 aliphatic rings. The Balaban J connectivity index is 0.000000346. The van der Waals surface area contributed by atoms with Crippen LogP contribution in [0.3, 0.4) is 0 Å². The molecule has 2 aromatic rings. The highest BCUT2D eigenvalue weighted by atomic mass is 32.3. The Hall–Kier alpha value is -2.29. The molecule has 0 unspecified atom stereocenters. The number of aryl methyl sites for hydroxylation is 1. The molecular weight excluding hydrogens is 306 g/mol. The van der Waals surface area contributed by atoms with E-state index in [1.807, 2.05) is 66.3 Å². The highest BCUT2D eigenvalue weighted by molar-refractivity contribution is 7.80. The first-order chi connectivity index (χ1) is 10.4. The molecular formula is C14H17N3O4S. The van der Waals surface area contributed by atoms with Gasteiger partial charge in [-0.05, 0) is 36.8 Å². The van der Waals surface area contributed by atoms with Crippen LogP contribution in [0.1, 0.15) is 11.1 Å². The zero-order valence-corrected chi connectivity index (χ0v) is 13.0. The summed E-state index contributed by atoms with van der Waals surface area (Å²) in [5.74, 6) is 6.18. The molecule has 0 fully saturated rings. The second kappa shape index (κ2) is 8.23. The number of nitrogens with two attached hydrogens (primary N) is 1. The summed E-state index contributed by atoms with van der Waals surface area (Å²) in [5, 5.41) is 3.84. The minimum atomic E-state index is -4.41. The van der Waals surface area contributed by atoms with Crippen molar-refractivity contribution in [2.45, 2.75) is 6.92 Å². The van der Waals surface area contributed by atoms with Crippen molar-refractivity contribution < 1.29 is 21.7 Å². The molecule has 2 N–H and O–H groups in total. The van der Waals surface area contributed by atoms with E-state index in [0.717, 1.165) is 18.5 Å². The lowest BCUT2D eigenvalue weighted by Crippen LogP contribution is -2.43. The van der Waals surface area contributed by atoms with Crippen LogP contribution in [0.4, 0.5) is 0 Å². The molecule has 8 heteroatoms. The second-order valence-electron chi connectivity index (χ2n) is 4.18. The lowest BCUT2D eigenvalue weighted by molar-refractivity contribution is -0.554. The van der Waals surface area contributed by atoms with Crippen LogP contribution in [-0.2, 0) is 14.6 Å². The van der Waals surface area contributed by atoms with E-state index < -0.39 is 10.4 Å². The molecule has 0 atom stereocenters. The van der Waals surface area contributed by atoms with Gasteiger partial charge >= 0.3 is 5.84 Å². The third kappa shape index (κ3) is 6.00. The van der Waals surface area contributed by atoms with Crippen molar-refractivity contribution in [3.63, 3.8) is 0 Å². The zero-order valence-electron chi connectivity index (χ0n) is 12.2. The van der Waals surface area contributed by atoms with Gasteiger partial charge in [0.2, 0.25) is 10.4 Å². The topological polar surface area (TPSA) is 109 Å². The van der Waals surface area contributed by atoms with Crippen LogP contribution in [0.15, 0.2) is 60.0 Å². The summed E-state index contributed by atoms with van der Waals surface area (Å²) in [6.45, 7) is 2.05. The first kappa shape index (κ1) is 17.8. The highest BCUT2D eigenvalue weighted by Crippen LogP contribution is 1.99. The monoisotopic (exact) mass is 323 g/mol. The lowest BCUT2D eigenvalue weighted by Gasteiger charge is -2.00. The zero-order chi connectivity index (χ0) is 16.6. The van der Waals surface area contributed by atoms with E-state index in [9.17, 15) is 13.0 Å². The molecule has 0 radical (unpaired) electrons. The maximum atomic E-state index is 9.22. The largest absolute Gasteiger partial charge is 0.726 e. The van der Waals surface area contributed by atoms with E-state index in [1.165, 1.54) is 5.56 Å². The highest BCUT2D eigenvalue weighted by Gasteiger charge is 2.13. The lowest BCUT2D eigenvalue weighted by atomic mass is 10.2. The van der Waals surface area contributed by atoms with E-state index in [0.29, 0.717) is 0 Å². The van der Waals surface area contributed by atoms with Gasteiger partial charge in [-0.25, -0.2) is 18.8 Å². The second-order valence-corrected chi connectivity index (χ2v) is 5.33. The van der Waals surface area contributed by atoms with Gasteiger partial charge < -0.3 is 4.55 Å². The number of aromatic nitrogens is 1. The fraction of sp³-hybridized carbons (Fsp3) is 0.143. The Labute approximate surface area is 129 Å². The third-order valence-corrected chi connectivity index (χ3v) is 3.01. The molecule has 0 aliphatic carbocycles. The van der Waals surface area contributed by atoms with Crippen LogP contribution in [0.5, 0.6) is 0 Å². The first-order valence-electron chi connectivity index (χ1n) is 6.20. The average Bonchev–Trinajstić information content (AvgIpc) is 2.51. The van der Waals surface area contributed by atoms with Crippen molar-refractivity contribution in [1.29, 1.82) is 0 Å². The Morgan fingerprint density at radius 3 is 2.09 bits per heavy atom. The summed E-state index contributed by atoms with van der Waals surface area (Å²) in [5.41, 5.74) is 2.21. The number of hydrogen-bond acceptors (Lipinski definition) is 6. The van der Waals surface area contributed by atoms with Crippen LogP contribution in [0.2, 0.25) is 0 Å². The molecule has 1 heterocycles. The number of hydrazone groups is 1. The van der Waals surface area contributed by atoms with E-state index in [1.54, 1.807) is 0 Å². The van der Waals surface area contributed by atoms with Gasteiger partial charge in [-0.2, -0.15) is 0 Å². The number of pyridine rings is 1. The Morgan fingerprint density at radius 1 is 1.18 bits per heavy atom. The number of benzene rings is 1. The molecule has 0 aliphatic heterocycles. The molecule has 0 amide bonds. The van der Waals surface area contributed by atoms with Gasteiger partial charge in [0.15, 0.2) is 0 Å². The minimum Gasteiger partial charge on any atom is -0.726 e. The molecule has 1 aromatic carbocycles. The molecule has 0 saturated heterocycles. The minimum absolute atomic E-state index is 0.737. The molecule has 1 aromatic heterocycles. The van der Waals surface area contributed by atoms with Crippen molar-refractivity contribution in [1.82, 2.24) is 0 Å². The van der Waals surface area contributed by atoms with E-state index >= 15 is 0 Å². The fourth-order valence-electron chi connectivity index (χ4n) is 1.52. The molecule has 118 valence electrons. The molecule has 0 spiro atoms. The summed E-state index contributed by atoms with van der Waals surface area (Å²) in [7, 11) is -3.60. The standard InChI is InChI=1S/C13H14N3.CH4O4S/c1-11-7-9-16(10-8-11)13(15-14)12-5-3-2-4-6-12;1-5-6(2,3)4/h2-10H,14H2,1H3;1H3,(H,2,3,4)/q+1;/p-1. The Bertz CT molecular complexity index is 714. The van der Waals surface area contributed by atoms with Gasteiger partial charge in [-0.3, -0.25) is 4.18 Å². The maximum Gasteiger partial charge on any atom is 0.359 e. The van der Waals surface area contributed by atoms with Crippen LogP contribution < -0.4 is 10.4 Å². The average molecular weight is 323 g/mol. The first-order valence-corrected chi connectivity index (χ1v) is 7.53. The smallest absolute Gasteiger partial charge is 0.359 e. The van der Waals surface area contributed by atoms with Crippen molar-refractivity contribution >= 4 is 16.2 Å². The molecule has 7 nitrogen and oxygen atoms in total. The van der Waals surface area contributed by atoms with Gasteiger partial charge in [0.25, 0.3) is 0 Å². The van der Waals surface area contributed by atoms with E-state index in [2.05, 4.69) is 9.28 Å². The van der Waals surface area contributed by atoms with Crippen LogP contribution in [0.25, 0.3) is 0 Å². The van der Waals surface area contributed by atoms with E-state index in [4.69, 9.17) is 5.84 Å². The van der Waals surface area contributed by atoms with Crippen LogP contribution >= 0.6 is 0 Å². The Kier molecular flexibility index (Phi) is 6.64. The molecule has 0 saturated carbocycles. The van der Waals surface area contributed by atoms with Gasteiger partial charge in [0.05, 0.1) is 25.1 Å². The summed E-state index contributed by atoms with van der Waals surface area (Å²) in [6, 6.07) is 13.9. The van der Waals surface area contributed by atoms with Gasteiger partial charge in [-0.1, -0.05) is 18.2 Å². The van der Waals surface area contributed by atoms with E-state index in [-0.39, 0.29) is 0 Å². The summed E-state index contributed by atoms with van der Waals surface area (Å²) < 4.78 is 32.9. The summed E-state index contributed by atoms with van der Waals surface area (Å²) in [4.78, 5) is 0.